The Morgan fingerprint density at radius 1 is 1.09 bits per heavy atom. The third-order valence-electron chi connectivity index (χ3n) is 4.38. The minimum Gasteiger partial charge on any atom is -0.356 e. The van der Waals surface area contributed by atoms with Crippen LogP contribution in [0.4, 0.5) is 0 Å². The Bertz CT molecular complexity index is 494. The molecule has 0 aliphatic carbocycles. The zero-order valence-electron chi connectivity index (χ0n) is 13.9. The van der Waals surface area contributed by atoms with Gasteiger partial charge in [0.15, 0.2) is 5.96 Å². The molecule has 0 amide bonds. The molecule has 0 spiro atoms. The normalized spacial score (nSPS) is 19.4. The van der Waals surface area contributed by atoms with Crippen LogP contribution in [0.5, 0.6) is 0 Å². The Balaban J connectivity index is 0.00000192. The van der Waals surface area contributed by atoms with Gasteiger partial charge in [0.05, 0.1) is 0 Å². The van der Waals surface area contributed by atoms with E-state index >= 15 is 0 Å². The number of rotatable bonds is 4. The summed E-state index contributed by atoms with van der Waals surface area (Å²) < 4.78 is 0. The van der Waals surface area contributed by atoms with Gasteiger partial charge in [-0.15, -0.1) is 24.0 Å². The summed E-state index contributed by atoms with van der Waals surface area (Å²) in [5.41, 5.74) is 2.71. The van der Waals surface area contributed by atoms with Gasteiger partial charge in [-0.05, 0) is 24.6 Å². The van der Waals surface area contributed by atoms with E-state index in [0.29, 0.717) is 0 Å². The molecule has 2 aliphatic rings. The third-order valence-corrected chi connectivity index (χ3v) is 4.38. The van der Waals surface area contributed by atoms with Crippen molar-refractivity contribution in [3.05, 3.63) is 35.4 Å². The van der Waals surface area contributed by atoms with Gasteiger partial charge in [-0.3, -0.25) is 9.89 Å². The summed E-state index contributed by atoms with van der Waals surface area (Å²) in [6, 6.07) is 8.96. The lowest BCUT2D eigenvalue weighted by molar-refractivity contribution is 0.148. The smallest absolute Gasteiger partial charge is 0.191 e. The SMILES string of the molecule is CN1CCN(Cc2ccc(CNC3=NCCCN3)cc2)CC1.I. The van der Waals surface area contributed by atoms with E-state index in [1.54, 1.807) is 0 Å². The topological polar surface area (TPSA) is 42.9 Å². The van der Waals surface area contributed by atoms with Crippen LogP contribution in [-0.2, 0) is 13.1 Å². The van der Waals surface area contributed by atoms with Crippen LogP contribution in [0.15, 0.2) is 29.3 Å². The molecule has 1 aromatic carbocycles. The summed E-state index contributed by atoms with van der Waals surface area (Å²) in [6.45, 7) is 8.55. The quantitative estimate of drug-likeness (QED) is 0.713. The van der Waals surface area contributed by atoms with Gasteiger partial charge in [0, 0.05) is 52.4 Å². The predicted molar refractivity (Wildman–Crippen MR) is 106 cm³/mol. The van der Waals surface area contributed by atoms with Crippen LogP contribution >= 0.6 is 24.0 Å². The Morgan fingerprint density at radius 3 is 2.43 bits per heavy atom. The molecule has 3 rings (SSSR count). The van der Waals surface area contributed by atoms with Crippen LogP contribution in [0.2, 0.25) is 0 Å². The summed E-state index contributed by atoms with van der Waals surface area (Å²) in [5, 5.41) is 6.65. The Morgan fingerprint density at radius 2 is 1.78 bits per heavy atom. The second kappa shape index (κ2) is 9.44. The lowest BCUT2D eigenvalue weighted by atomic mass is 10.1. The number of nitrogens with zero attached hydrogens (tertiary/aromatic N) is 3. The maximum absolute atomic E-state index is 4.43. The van der Waals surface area contributed by atoms with Crippen molar-refractivity contribution in [3.63, 3.8) is 0 Å². The Hall–Kier alpha value is -0.860. The first-order valence-corrected chi connectivity index (χ1v) is 8.30. The van der Waals surface area contributed by atoms with Crippen molar-refractivity contribution in [1.29, 1.82) is 0 Å². The third kappa shape index (κ3) is 5.93. The molecule has 23 heavy (non-hydrogen) atoms. The molecule has 6 heteroatoms. The zero-order valence-corrected chi connectivity index (χ0v) is 16.3. The Labute approximate surface area is 156 Å². The highest BCUT2D eigenvalue weighted by Gasteiger charge is 2.13. The van der Waals surface area contributed by atoms with Crippen LogP contribution < -0.4 is 10.6 Å². The molecule has 2 N–H and O–H groups in total. The molecule has 0 saturated carbocycles. The molecular weight excluding hydrogens is 401 g/mol. The van der Waals surface area contributed by atoms with Crippen LogP contribution in [0, 0.1) is 0 Å². The van der Waals surface area contributed by atoms with Crippen LogP contribution in [0.3, 0.4) is 0 Å². The Kier molecular flexibility index (Phi) is 7.58. The van der Waals surface area contributed by atoms with Crippen LogP contribution in [0.1, 0.15) is 17.5 Å². The second-order valence-corrected chi connectivity index (χ2v) is 6.26. The molecule has 1 saturated heterocycles. The summed E-state index contributed by atoms with van der Waals surface area (Å²) >= 11 is 0. The fraction of sp³-hybridized carbons (Fsp3) is 0.588. The maximum Gasteiger partial charge on any atom is 0.191 e. The highest BCUT2D eigenvalue weighted by atomic mass is 127. The molecule has 2 heterocycles. The highest BCUT2D eigenvalue weighted by molar-refractivity contribution is 14.0. The van der Waals surface area contributed by atoms with Crippen molar-refractivity contribution < 1.29 is 0 Å². The molecule has 0 unspecified atom stereocenters. The van der Waals surface area contributed by atoms with E-state index in [2.05, 4.69) is 56.7 Å². The number of aliphatic imine (C=N–C) groups is 1. The summed E-state index contributed by atoms with van der Waals surface area (Å²) in [4.78, 5) is 9.36. The summed E-state index contributed by atoms with van der Waals surface area (Å²) in [6.07, 6.45) is 1.13. The first kappa shape index (κ1) is 18.5. The molecule has 1 aromatic rings. The first-order valence-electron chi connectivity index (χ1n) is 8.30. The van der Waals surface area contributed by atoms with E-state index in [9.17, 15) is 0 Å². The molecular formula is C17H28IN5. The minimum atomic E-state index is 0. The fourth-order valence-electron chi connectivity index (χ4n) is 2.86. The second-order valence-electron chi connectivity index (χ2n) is 6.26. The zero-order chi connectivity index (χ0) is 15.2. The first-order chi connectivity index (χ1) is 10.8. The van der Waals surface area contributed by atoms with Gasteiger partial charge in [0.2, 0.25) is 0 Å². The molecule has 5 nitrogen and oxygen atoms in total. The summed E-state index contributed by atoms with van der Waals surface area (Å²) in [5.74, 6) is 0.938. The van der Waals surface area contributed by atoms with Crippen LogP contribution in [0.25, 0.3) is 0 Å². The maximum atomic E-state index is 4.43. The number of halogens is 1. The van der Waals surface area contributed by atoms with E-state index in [0.717, 1.165) is 38.6 Å². The predicted octanol–water partition coefficient (Wildman–Crippen LogP) is 1.49. The van der Waals surface area contributed by atoms with E-state index < -0.39 is 0 Å². The number of hydrogen-bond acceptors (Lipinski definition) is 5. The average molecular weight is 429 g/mol. The van der Waals surface area contributed by atoms with Crippen molar-refractivity contribution in [3.8, 4) is 0 Å². The molecule has 0 radical (unpaired) electrons. The molecule has 0 atom stereocenters. The van der Waals surface area contributed by atoms with Gasteiger partial charge in [-0.2, -0.15) is 0 Å². The van der Waals surface area contributed by atoms with Crippen molar-refractivity contribution in [1.82, 2.24) is 20.4 Å². The number of piperazine rings is 1. The average Bonchev–Trinajstić information content (AvgIpc) is 2.57. The fourth-order valence-corrected chi connectivity index (χ4v) is 2.86. The van der Waals surface area contributed by atoms with Gasteiger partial charge in [-0.25, -0.2) is 0 Å². The summed E-state index contributed by atoms with van der Waals surface area (Å²) in [7, 11) is 2.20. The number of nitrogens with one attached hydrogen (secondary N) is 2. The van der Waals surface area contributed by atoms with Crippen LogP contribution in [-0.4, -0.2) is 62.1 Å². The van der Waals surface area contributed by atoms with Gasteiger partial charge in [0.25, 0.3) is 0 Å². The number of hydrogen-bond donors (Lipinski definition) is 2. The van der Waals surface area contributed by atoms with Gasteiger partial charge >= 0.3 is 0 Å². The van der Waals surface area contributed by atoms with Gasteiger partial charge in [0.1, 0.15) is 0 Å². The van der Waals surface area contributed by atoms with Crippen molar-refractivity contribution in [2.45, 2.75) is 19.5 Å². The number of guanidine groups is 1. The van der Waals surface area contributed by atoms with Crippen molar-refractivity contribution in [2.24, 2.45) is 4.99 Å². The van der Waals surface area contributed by atoms with E-state index in [-0.39, 0.29) is 24.0 Å². The molecule has 0 aromatic heterocycles. The van der Waals surface area contributed by atoms with E-state index in [1.807, 2.05) is 0 Å². The lowest BCUT2D eigenvalue weighted by Crippen LogP contribution is -2.43. The standard InChI is InChI=1S/C17H27N5.HI/c1-21-9-11-22(12-10-21)14-16-5-3-15(4-6-16)13-20-17-18-7-2-8-19-17;/h3-6H,2,7-14H2,1H3,(H2,18,19,20);1H. The monoisotopic (exact) mass is 429 g/mol. The molecule has 0 bridgehead atoms. The van der Waals surface area contributed by atoms with Gasteiger partial charge < -0.3 is 15.5 Å². The number of benzene rings is 1. The van der Waals surface area contributed by atoms with Gasteiger partial charge in [-0.1, -0.05) is 24.3 Å². The van der Waals surface area contributed by atoms with E-state index in [1.165, 1.54) is 37.3 Å². The molecule has 2 aliphatic heterocycles. The van der Waals surface area contributed by atoms with Crippen molar-refractivity contribution in [2.75, 3.05) is 46.3 Å². The molecule has 128 valence electrons. The largest absolute Gasteiger partial charge is 0.356 e. The highest BCUT2D eigenvalue weighted by Crippen LogP contribution is 2.09. The van der Waals surface area contributed by atoms with E-state index in [4.69, 9.17) is 0 Å². The van der Waals surface area contributed by atoms with Crippen molar-refractivity contribution >= 4 is 29.9 Å². The number of likely N-dealkylation sites (N-methyl/N-ethyl adjacent to an activating group) is 1. The molecule has 1 fully saturated rings. The lowest BCUT2D eigenvalue weighted by Gasteiger charge is -2.32. The minimum absolute atomic E-state index is 0.